The molecule has 1 heterocycles. The van der Waals surface area contributed by atoms with Gasteiger partial charge in [0.15, 0.2) is 0 Å². The van der Waals surface area contributed by atoms with Crippen LogP contribution >= 0.6 is 0 Å². The highest BCUT2D eigenvalue weighted by molar-refractivity contribution is 5.76. The average molecular weight is 303 g/mol. The molecule has 1 aromatic heterocycles. The van der Waals surface area contributed by atoms with Gasteiger partial charge in [-0.05, 0) is 36.6 Å². The number of nitriles is 1. The number of rotatable bonds is 5. The van der Waals surface area contributed by atoms with Gasteiger partial charge in [-0.1, -0.05) is 44.2 Å². The topological polar surface area (TPSA) is 41.6 Å². The van der Waals surface area contributed by atoms with E-state index in [0.29, 0.717) is 12.5 Å². The van der Waals surface area contributed by atoms with Crippen molar-refractivity contribution in [2.45, 2.75) is 39.2 Å². The van der Waals surface area contributed by atoms with Crippen LogP contribution in [0.3, 0.4) is 0 Å². The van der Waals surface area contributed by atoms with Crippen LogP contribution in [0.25, 0.3) is 11.0 Å². The van der Waals surface area contributed by atoms with E-state index in [0.717, 1.165) is 40.8 Å². The molecule has 0 aliphatic heterocycles. The predicted octanol–water partition coefficient (Wildman–Crippen LogP) is 4.86. The minimum Gasteiger partial charge on any atom is -0.323 e. The zero-order valence-electron chi connectivity index (χ0n) is 13.7. The van der Waals surface area contributed by atoms with E-state index < -0.39 is 0 Å². The summed E-state index contributed by atoms with van der Waals surface area (Å²) >= 11 is 0. The summed E-state index contributed by atoms with van der Waals surface area (Å²) < 4.78 is 2.28. The molecule has 0 bridgehead atoms. The van der Waals surface area contributed by atoms with E-state index in [1.165, 1.54) is 0 Å². The van der Waals surface area contributed by atoms with Gasteiger partial charge in [-0.25, -0.2) is 4.98 Å². The lowest BCUT2D eigenvalue weighted by atomic mass is 10.0. The van der Waals surface area contributed by atoms with Crippen LogP contribution in [0.1, 0.15) is 49.6 Å². The minimum absolute atomic E-state index is 0.441. The first-order valence-corrected chi connectivity index (χ1v) is 8.21. The maximum atomic E-state index is 9.36. The van der Waals surface area contributed by atoms with E-state index in [4.69, 9.17) is 4.98 Å². The van der Waals surface area contributed by atoms with Crippen LogP contribution in [-0.4, -0.2) is 9.55 Å². The normalized spacial score (nSPS) is 11.0. The molecule has 3 rings (SSSR count). The molecule has 0 aliphatic rings. The smallest absolute Gasteiger partial charge is 0.113 e. The first kappa shape index (κ1) is 15.3. The van der Waals surface area contributed by atoms with Gasteiger partial charge in [0.2, 0.25) is 0 Å². The standard InChI is InChI=1S/C20H21N3/c1-3-15(4-2)20-22-18-11-7-8-12-19(18)23(20)14-17-10-6-5-9-16(17)13-21/h5-12,15H,3-4,14H2,1-2H3. The molecule has 3 aromatic rings. The van der Waals surface area contributed by atoms with Gasteiger partial charge in [0.05, 0.1) is 29.2 Å². The third kappa shape index (κ3) is 2.85. The number of para-hydroxylation sites is 2. The van der Waals surface area contributed by atoms with Gasteiger partial charge in [0, 0.05) is 5.92 Å². The molecule has 0 fully saturated rings. The zero-order chi connectivity index (χ0) is 16.2. The Kier molecular flexibility index (Phi) is 4.43. The van der Waals surface area contributed by atoms with Gasteiger partial charge in [-0.15, -0.1) is 0 Å². The first-order chi connectivity index (χ1) is 11.3. The molecule has 0 amide bonds. The highest BCUT2D eigenvalue weighted by atomic mass is 15.1. The first-order valence-electron chi connectivity index (χ1n) is 8.21. The number of imidazole rings is 1. The van der Waals surface area contributed by atoms with Crippen molar-refractivity contribution in [1.82, 2.24) is 9.55 Å². The number of fused-ring (bicyclic) bond motifs is 1. The van der Waals surface area contributed by atoms with E-state index in [1.54, 1.807) is 0 Å². The number of benzene rings is 2. The summed E-state index contributed by atoms with van der Waals surface area (Å²) in [5.41, 5.74) is 3.96. The fraction of sp³-hybridized carbons (Fsp3) is 0.300. The lowest BCUT2D eigenvalue weighted by Gasteiger charge is -2.16. The molecular weight excluding hydrogens is 282 g/mol. The predicted molar refractivity (Wildman–Crippen MR) is 93.3 cm³/mol. The molecule has 0 saturated carbocycles. The second kappa shape index (κ2) is 6.66. The van der Waals surface area contributed by atoms with E-state index in [1.807, 2.05) is 36.4 Å². The largest absolute Gasteiger partial charge is 0.323 e. The molecule has 3 nitrogen and oxygen atoms in total. The molecule has 0 atom stereocenters. The number of nitrogens with zero attached hydrogens (tertiary/aromatic N) is 3. The molecule has 0 spiro atoms. The van der Waals surface area contributed by atoms with Gasteiger partial charge in [-0.3, -0.25) is 0 Å². The summed E-state index contributed by atoms with van der Waals surface area (Å²) in [6.45, 7) is 5.11. The molecular formula is C20H21N3. The van der Waals surface area contributed by atoms with Gasteiger partial charge >= 0.3 is 0 Å². The zero-order valence-corrected chi connectivity index (χ0v) is 13.7. The lowest BCUT2D eigenvalue weighted by Crippen LogP contribution is -2.10. The van der Waals surface area contributed by atoms with Crippen molar-refractivity contribution in [2.24, 2.45) is 0 Å². The van der Waals surface area contributed by atoms with Crippen molar-refractivity contribution in [2.75, 3.05) is 0 Å². The molecule has 3 heteroatoms. The molecule has 0 aliphatic carbocycles. The quantitative estimate of drug-likeness (QED) is 0.675. The Bertz CT molecular complexity index is 851. The Morgan fingerprint density at radius 3 is 2.48 bits per heavy atom. The van der Waals surface area contributed by atoms with Crippen LogP contribution < -0.4 is 0 Å². The van der Waals surface area contributed by atoms with Crippen molar-refractivity contribution < 1.29 is 0 Å². The highest BCUT2D eigenvalue weighted by Gasteiger charge is 2.18. The van der Waals surface area contributed by atoms with Crippen molar-refractivity contribution in [1.29, 1.82) is 5.26 Å². The molecule has 0 N–H and O–H groups in total. The van der Waals surface area contributed by atoms with Gasteiger partial charge < -0.3 is 4.57 Å². The molecule has 0 unspecified atom stereocenters. The molecule has 116 valence electrons. The SMILES string of the molecule is CCC(CC)c1nc2ccccc2n1Cc1ccccc1C#N. The summed E-state index contributed by atoms with van der Waals surface area (Å²) in [5, 5.41) is 9.36. The number of hydrogen-bond acceptors (Lipinski definition) is 2. The second-order valence-electron chi connectivity index (χ2n) is 5.83. The monoisotopic (exact) mass is 303 g/mol. The van der Waals surface area contributed by atoms with E-state index in [-0.39, 0.29) is 0 Å². The number of hydrogen-bond donors (Lipinski definition) is 0. The average Bonchev–Trinajstić information content (AvgIpc) is 2.95. The van der Waals surface area contributed by atoms with Crippen LogP contribution in [0, 0.1) is 11.3 Å². The Balaban J connectivity index is 2.15. The van der Waals surface area contributed by atoms with Crippen molar-refractivity contribution in [3.8, 4) is 6.07 Å². The minimum atomic E-state index is 0.441. The molecule has 2 aromatic carbocycles. The second-order valence-corrected chi connectivity index (χ2v) is 5.83. The summed E-state index contributed by atoms with van der Waals surface area (Å²) in [5.74, 6) is 1.57. The van der Waals surface area contributed by atoms with Crippen LogP contribution in [0.4, 0.5) is 0 Å². The van der Waals surface area contributed by atoms with Gasteiger partial charge in [0.1, 0.15) is 5.82 Å². The maximum absolute atomic E-state index is 9.36. The fourth-order valence-electron chi connectivity index (χ4n) is 3.16. The van der Waals surface area contributed by atoms with E-state index in [2.05, 4.69) is 36.6 Å². The summed E-state index contributed by atoms with van der Waals surface area (Å²) in [7, 11) is 0. The van der Waals surface area contributed by atoms with Gasteiger partial charge in [0.25, 0.3) is 0 Å². The van der Waals surface area contributed by atoms with E-state index in [9.17, 15) is 5.26 Å². The Labute approximate surface area is 137 Å². The Morgan fingerprint density at radius 1 is 1.04 bits per heavy atom. The van der Waals surface area contributed by atoms with Crippen molar-refractivity contribution in [3.05, 3.63) is 65.5 Å². The maximum Gasteiger partial charge on any atom is 0.113 e. The highest BCUT2D eigenvalue weighted by Crippen LogP contribution is 2.28. The summed E-state index contributed by atoms with van der Waals surface area (Å²) in [6.07, 6.45) is 2.14. The van der Waals surface area contributed by atoms with Crippen LogP contribution in [0.15, 0.2) is 48.5 Å². The Morgan fingerprint density at radius 2 is 1.74 bits per heavy atom. The van der Waals surface area contributed by atoms with Crippen LogP contribution in [0.2, 0.25) is 0 Å². The molecule has 23 heavy (non-hydrogen) atoms. The fourth-order valence-corrected chi connectivity index (χ4v) is 3.16. The molecule has 0 radical (unpaired) electrons. The summed E-state index contributed by atoms with van der Waals surface area (Å²) in [6, 6.07) is 18.4. The van der Waals surface area contributed by atoms with Crippen LogP contribution in [0.5, 0.6) is 0 Å². The van der Waals surface area contributed by atoms with Crippen molar-refractivity contribution >= 4 is 11.0 Å². The number of aromatic nitrogens is 2. The third-order valence-electron chi connectivity index (χ3n) is 4.50. The summed E-state index contributed by atoms with van der Waals surface area (Å²) in [4.78, 5) is 4.89. The van der Waals surface area contributed by atoms with E-state index >= 15 is 0 Å². The lowest BCUT2D eigenvalue weighted by molar-refractivity contribution is 0.570. The molecule has 0 saturated heterocycles. The van der Waals surface area contributed by atoms with Crippen LogP contribution in [-0.2, 0) is 6.54 Å². The Hall–Kier alpha value is -2.60. The third-order valence-corrected chi connectivity index (χ3v) is 4.50. The van der Waals surface area contributed by atoms with Gasteiger partial charge in [-0.2, -0.15) is 5.26 Å². The van der Waals surface area contributed by atoms with Crippen molar-refractivity contribution in [3.63, 3.8) is 0 Å².